The van der Waals surface area contributed by atoms with Crippen LogP contribution in [-0.2, 0) is 11.3 Å². The van der Waals surface area contributed by atoms with E-state index in [2.05, 4.69) is 32.7 Å². The Morgan fingerprint density at radius 1 is 1.33 bits per heavy atom. The molecule has 1 aromatic heterocycles. The van der Waals surface area contributed by atoms with Crippen molar-refractivity contribution in [3.05, 3.63) is 23.7 Å². The molecule has 0 spiro atoms. The van der Waals surface area contributed by atoms with Crippen LogP contribution in [0.4, 0.5) is 0 Å². The summed E-state index contributed by atoms with van der Waals surface area (Å²) in [7, 11) is 2.08. The summed E-state index contributed by atoms with van der Waals surface area (Å²) in [5.41, 5.74) is 0.301. The van der Waals surface area contributed by atoms with Crippen LogP contribution in [0.25, 0.3) is 0 Å². The first-order valence-corrected chi connectivity index (χ1v) is 8.02. The van der Waals surface area contributed by atoms with E-state index in [9.17, 15) is 4.79 Å². The molecule has 1 aromatic rings. The highest BCUT2D eigenvalue weighted by molar-refractivity contribution is 5.82. The molecule has 0 aliphatic heterocycles. The van der Waals surface area contributed by atoms with Gasteiger partial charge in [0.25, 0.3) is 0 Å². The van der Waals surface area contributed by atoms with Gasteiger partial charge in [-0.2, -0.15) is 0 Å². The fraction of sp³-hybridized carbons (Fsp3) is 0.722. The fourth-order valence-corrected chi connectivity index (χ4v) is 3.35. The van der Waals surface area contributed by atoms with E-state index in [4.69, 9.17) is 4.42 Å². The lowest BCUT2D eigenvalue weighted by atomic mass is 9.68. The van der Waals surface area contributed by atoms with E-state index in [1.165, 1.54) is 0 Å². The van der Waals surface area contributed by atoms with E-state index in [1.807, 2.05) is 19.1 Å². The molecule has 1 aliphatic rings. The summed E-state index contributed by atoms with van der Waals surface area (Å²) in [5.74, 6) is 3.20. The smallest absolute Gasteiger partial charge is 0.137 e. The van der Waals surface area contributed by atoms with Crippen molar-refractivity contribution in [1.29, 1.82) is 0 Å². The van der Waals surface area contributed by atoms with Gasteiger partial charge in [0.2, 0.25) is 0 Å². The molecule has 21 heavy (non-hydrogen) atoms. The van der Waals surface area contributed by atoms with Crippen molar-refractivity contribution in [2.24, 2.45) is 17.3 Å². The summed E-state index contributed by atoms with van der Waals surface area (Å²) in [5, 5.41) is 0. The number of carbonyl (C=O) groups is 1. The van der Waals surface area contributed by atoms with Crippen LogP contribution < -0.4 is 0 Å². The van der Waals surface area contributed by atoms with Crippen molar-refractivity contribution in [1.82, 2.24) is 4.90 Å². The Kier molecular flexibility index (Phi) is 4.92. The first-order valence-electron chi connectivity index (χ1n) is 8.02. The molecule has 2 unspecified atom stereocenters. The number of furan rings is 1. The third-order valence-electron chi connectivity index (χ3n) is 4.74. The number of Topliss-reactive ketones (excluding diaryl/α,β-unsaturated/α-hetero) is 1. The van der Waals surface area contributed by atoms with Gasteiger partial charge in [0, 0.05) is 18.9 Å². The maximum atomic E-state index is 12.2. The van der Waals surface area contributed by atoms with Gasteiger partial charge in [-0.25, -0.2) is 0 Å². The average Bonchev–Trinajstić information content (AvgIpc) is 2.76. The average molecular weight is 291 g/mol. The van der Waals surface area contributed by atoms with Crippen molar-refractivity contribution in [3.63, 3.8) is 0 Å². The van der Waals surface area contributed by atoms with Gasteiger partial charge in [-0.05, 0) is 50.3 Å². The van der Waals surface area contributed by atoms with Crippen LogP contribution in [0.3, 0.4) is 0 Å². The summed E-state index contributed by atoms with van der Waals surface area (Å²) in [6.45, 7) is 10.4. The Bertz CT molecular complexity index is 484. The van der Waals surface area contributed by atoms with Crippen molar-refractivity contribution < 1.29 is 9.21 Å². The van der Waals surface area contributed by atoms with Crippen molar-refractivity contribution in [3.8, 4) is 0 Å². The van der Waals surface area contributed by atoms with E-state index >= 15 is 0 Å². The van der Waals surface area contributed by atoms with Crippen molar-refractivity contribution in [2.45, 2.75) is 53.5 Å². The lowest BCUT2D eigenvalue weighted by molar-refractivity contribution is -0.127. The number of aryl methyl sites for hydroxylation is 1. The Morgan fingerprint density at radius 2 is 2.05 bits per heavy atom. The topological polar surface area (TPSA) is 33.5 Å². The highest BCUT2D eigenvalue weighted by Crippen LogP contribution is 2.39. The van der Waals surface area contributed by atoms with Crippen LogP contribution in [0.1, 0.15) is 51.6 Å². The molecule has 1 aliphatic carbocycles. The first kappa shape index (κ1) is 16.3. The number of ketones is 1. The molecule has 0 radical (unpaired) electrons. The second-order valence-electron chi connectivity index (χ2n) is 7.71. The molecule has 3 heteroatoms. The summed E-state index contributed by atoms with van der Waals surface area (Å²) in [6.07, 6.45) is 2.84. The van der Waals surface area contributed by atoms with Crippen molar-refractivity contribution in [2.75, 3.05) is 13.6 Å². The minimum atomic E-state index is 0.184. The van der Waals surface area contributed by atoms with E-state index in [-0.39, 0.29) is 5.92 Å². The van der Waals surface area contributed by atoms with Gasteiger partial charge in [-0.1, -0.05) is 20.8 Å². The van der Waals surface area contributed by atoms with Crippen LogP contribution in [-0.4, -0.2) is 24.3 Å². The number of nitrogens with zero attached hydrogens (tertiary/aromatic N) is 1. The molecule has 0 bridgehead atoms. The number of hydrogen-bond acceptors (Lipinski definition) is 3. The van der Waals surface area contributed by atoms with Gasteiger partial charge in [0.1, 0.15) is 17.3 Å². The zero-order valence-electron chi connectivity index (χ0n) is 14.1. The van der Waals surface area contributed by atoms with Gasteiger partial charge in [0.15, 0.2) is 0 Å². The summed E-state index contributed by atoms with van der Waals surface area (Å²) >= 11 is 0. The zero-order chi connectivity index (χ0) is 15.6. The van der Waals surface area contributed by atoms with Crippen molar-refractivity contribution >= 4 is 5.78 Å². The largest absolute Gasteiger partial charge is 0.465 e. The second-order valence-corrected chi connectivity index (χ2v) is 7.71. The lowest BCUT2D eigenvalue weighted by Crippen LogP contribution is -2.37. The van der Waals surface area contributed by atoms with Crippen LogP contribution in [0.2, 0.25) is 0 Å². The van der Waals surface area contributed by atoms with Crippen LogP contribution >= 0.6 is 0 Å². The SMILES string of the molecule is Cc1ccc(CN(C)CC2CC(C(C)(C)C)CCC2=O)o1. The third-order valence-corrected chi connectivity index (χ3v) is 4.74. The molecule has 1 heterocycles. The van der Waals surface area contributed by atoms with E-state index in [1.54, 1.807) is 0 Å². The number of hydrogen-bond donors (Lipinski definition) is 0. The molecule has 0 N–H and O–H groups in total. The summed E-state index contributed by atoms with van der Waals surface area (Å²) in [6, 6.07) is 4.01. The van der Waals surface area contributed by atoms with Gasteiger partial charge in [-0.3, -0.25) is 9.69 Å². The number of carbonyl (C=O) groups excluding carboxylic acids is 1. The molecule has 118 valence electrons. The molecule has 2 atom stereocenters. The molecular weight excluding hydrogens is 262 g/mol. The molecule has 3 nitrogen and oxygen atoms in total. The van der Waals surface area contributed by atoms with Crippen LogP contribution in [0, 0.1) is 24.2 Å². The predicted molar refractivity (Wildman–Crippen MR) is 85.1 cm³/mol. The molecule has 0 saturated heterocycles. The third kappa shape index (κ3) is 4.44. The molecule has 0 amide bonds. The van der Waals surface area contributed by atoms with Gasteiger partial charge in [0.05, 0.1) is 6.54 Å². The first-order chi connectivity index (χ1) is 9.75. The summed E-state index contributed by atoms with van der Waals surface area (Å²) < 4.78 is 5.62. The number of rotatable bonds is 4. The van der Waals surface area contributed by atoms with Gasteiger partial charge < -0.3 is 4.42 Å². The van der Waals surface area contributed by atoms with Gasteiger partial charge in [-0.15, -0.1) is 0 Å². The Labute approximate surface area is 128 Å². The van der Waals surface area contributed by atoms with Gasteiger partial charge >= 0.3 is 0 Å². The maximum absolute atomic E-state index is 12.2. The normalized spacial score (nSPS) is 23.8. The highest BCUT2D eigenvalue weighted by Gasteiger charge is 2.35. The minimum Gasteiger partial charge on any atom is -0.465 e. The maximum Gasteiger partial charge on any atom is 0.137 e. The van der Waals surface area contributed by atoms with E-state index in [0.717, 1.165) is 43.9 Å². The second kappa shape index (κ2) is 6.35. The van der Waals surface area contributed by atoms with E-state index in [0.29, 0.717) is 17.1 Å². The quantitative estimate of drug-likeness (QED) is 0.839. The molecule has 0 aromatic carbocycles. The Balaban J connectivity index is 1.92. The molecule has 2 rings (SSSR count). The van der Waals surface area contributed by atoms with Crippen LogP contribution in [0.5, 0.6) is 0 Å². The Morgan fingerprint density at radius 3 is 2.62 bits per heavy atom. The molecule has 1 fully saturated rings. The summed E-state index contributed by atoms with van der Waals surface area (Å²) in [4.78, 5) is 14.4. The lowest BCUT2D eigenvalue weighted by Gasteiger charge is -2.38. The fourth-order valence-electron chi connectivity index (χ4n) is 3.35. The predicted octanol–water partition coefficient (Wildman–Crippen LogP) is 4.05. The minimum absolute atomic E-state index is 0.184. The van der Waals surface area contributed by atoms with E-state index < -0.39 is 0 Å². The monoisotopic (exact) mass is 291 g/mol. The van der Waals surface area contributed by atoms with Crippen LogP contribution in [0.15, 0.2) is 16.5 Å². The highest BCUT2D eigenvalue weighted by atomic mass is 16.3. The molecule has 1 saturated carbocycles. The molecular formula is C18H29NO2. The Hall–Kier alpha value is -1.09. The zero-order valence-corrected chi connectivity index (χ0v) is 14.1. The standard InChI is InChI=1S/C18H29NO2/c1-13-6-8-16(21-13)12-19(5)11-14-10-15(18(2,3)4)7-9-17(14)20/h6,8,14-15H,7,9-12H2,1-5H3.